The van der Waals surface area contributed by atoms with Crippen LogP contribution in [0.1, 0.15) is 0 Å². The third kappa shape index (κ3) is 10.4. The number of hydrogen-bond acceptors (Lipinski definition) is 3. The van der Waals surface area contributed by atoms with Gasteiger partial charge in [0.1, 0.15) is 13.2 Å². The maximum absolute atomic E-state index is 8.58. The summed E-state index contributed by atoms with van der Waals surface area (Å²) in [5.41, 5.74) is 0. The topological polar surface area (TPSA) is 58.9 Å². The van der Waals surface area contributed by atoms with E-state index in [1.807, 2.05) is 21.1 Å². The summed E-state index contributed by atoms with van der Waals surface area (Å²) >= 11 is 4.16. The van der Waals surface area contributed by atoms with Crippen molar-refractivity contribution < 1.29 is 23.8 Å². The summed E-state index contributed by atoms with van der Waals surface area (Å²) < 4.78 is 4.86. The van der Waals surface area contributed by atoms with E-state index in [1.165, 1.54) is 0 Å². The SMILES string of the molecule is C[N+](C)(C)CCOOP(O)(O)=S. The van der Waals surface area contributed by atoms with Crippen LogP contribution in [0.5, 0.6) is 0 Å². The van der Waals surface area contributed by atoms with Crippen LogP contribution < -0.4 is 0 Å². The molecule has 0 aliphatic rings. The fourth-order valence-electron chi connectivity index (χ4n) is 0.417. The van der Waals surface area contributed by atoms with Gasteiger partial charge in [-0.15, -0.1) is 4.67 Å². The lowest BCUT2D eigenvalue weighted by molar-refractivity contribution is -0.871. The van der Waals surface area contributed by atoms with E-state index < -0.39 is 6.72 Å². The number of quaternary nitrogens is 1. The zero-order valence-electron chi connectivity index (χ0n) is 7.43. The maximum atomic E-state index is 8.58. The summed E-state index contributed by atoms with van der Waals surface area (Å²) in [6, 6.07) is 0. The molecular weight excluding hydrogens is 201 g/mol. The van der Waals surface area contributed by atoms with E-state index in [4.69, 9.17) is 9.79 Å². The van der Waals surface area contributed by atoms with Crippen LogP contribution in [-0.4, -0.2) is 48.6 Å². The molecule has 2 N–H and O–H groups in total. The standard InChI is InChI=1S/C5H14NO4PS/c1-6(2,3)4-5-9-10-11(7,8)12/h4-5H2,1-3H3,(H-,7,8,12)/p+1. The second kappa shape index (κ2) is 4.62. The number of hydrogen-bond donors (Lipinski definition) is 2. The van der Waals surface area contributed by atoms with E-state index in [-0.39, 0.29) is 6.61 Å². The minimum absolute atomic E-state index is 0.281. The Hall–Kier alpha value is 0.450. The van der Waals surface area contributed by atoms with Crippen molar-refractivity contribution in [2.45, 2.75) is 0 Å². The first-order valence-corrected chi connectivity index (χ1v) is 6.00. The molecule has 0 radical (unpaired) electrons. The van der Waals surface area contributed by atoms with Crippen LogP contribution in [0.3, 0.4) is 0 Å². The van der Waals surface area contributed by atoms with Crippen LogP contribution in [0, 0.1) is 0 Å². The van der Waals surface area contributed by atoms with Gasteiger partial charge in [-0.1, -0.05) is 0 Å². The molecule has 0 aliphatic carbocycles. The molecule has 5 nitrogen and oxygen atoms in total. The summed E-state index contributed by atoms with van der Waals surface area (Å²) in [6.07, 6.45) is 0. The Kier molecular flexibility index (Phi) is 4.79. The summed E-state index contributed by atoms with van der Waals surface area (Å²) in [4.78, 5) is 21.7. The molecule has 0 saturated carbocycles. The monoisotopic (exact) mass is 216 g/mol. The van der Waals surface area contributed by atoms with E-state index in [0.29, 0.717) is 11.0 Å². The number of likely N-dealkylation sites (N-methyl/N-ethyl adjacent to an activating group) is 1. The van der Waals surface area contributed by atoms with Crippen molar-refractivity contribution in [2.75, 3.05) is 34.3 Å². The quantitative estimate of drug-likeness (QED) is 0.220. The van der Waals surface area contributed by atoms with Gasteiger partial charge in [0, 0.05) is 0 Å². The molecule has 0 atom stereocenters. The third-order valence-corrected chi connectivity index (χ3v) is 1.48. The molecule has 0 aromatic rings. The molecule has 0 aromatic carbocycles. The van der Waals surface area contributed by atoms with Crippen LogP contribution in [0.15, 0.2) is 0 Å². The Balaban J connectivity index is 3.41. The van der Waals surface area contributed by atoms with Gasteiger partial charge in [-0.25, -0.2) is 4.89 Å². The molecule has 12 heavy (non-hydrogen) atoms. The molecule has 0 bridgehead atoms. The van der Waals surface area contributed by atoms with E-state index >= 15 is 0 Å². The lowest BCUT2D eigenvalue weighted by Gasteiger charge is -2.23. The molecule has 0 amide bonds. The highest BCUT2D eigenvalue weighted by Crippen LogP contribution is 2.36. The van der Waals surface area contributed by atoms with Gasteiger partial charge in [0.25, 0.3) is 0 Å². The van der Waals surface area contributed by atoms with Gasteiger partial charge >= 0.3 is 6.72 Å². The Morgan fingerprint density at radius 3 is 2.17 bits per heavy atom. The summed E-state index contributed by atoms with van der Waals surface area (Å²) in [5.74, 6) is 0. The number of rotatable bonds is 5. The summed E-state index contributed by atoms with van der Waals surface area (Å²) in [6.45, 7) is -2.66. The van der Waals surface area contributed by atoms with E-state index in [1.54, 1.807) is 0 Å². The van der Waals surface area contributed by atoms with Crippen molar-refractivity contribution >= 4 is 18.5 Å². The van der Waals surface area contributed by atoms with Gasteiger partial charge in [0.05, 0.1) is 21.1 Å². The molecule has 0 saturated heterocycles. The average molecular weight is 216 g/mol. The Labute approximate surface area is 77.3 Å². The van der Waals surface area contributed by atoms with Gasteiger partial charge in [0.15, 0.2) is 0 Å². The second-order valence-electron chi connectivity index (χ2n) is 3.40. The largest absolute Gasteiger partial charge is 0.350 e. The Bertz CT molecular complexity index is 175. The predicted molar refractivity (Wildman–Crippen MR) is 48.7 cm³/mol. The van der Waals surface area contributed by atoms with E-state index in [2.05, 4.69) is 21.4 Å². The first-order valence-electron chi connectivity index (χ1n) is 3.38. The first kappa shape index (κ1) is 12.4. The lowest BCUT2D eigenvalue weighted by Crippen LogP contribution is -2.37. The smallest absolute Gasteiger partial charge is 0.329 e. The molecule has 0 rings (SSSR count). The highest BCUT2D eigenvalue weighted by atomic mass is 32.5. The minimum Gasteiger partial charge on any atom is -0.329 e. The average Bonchev–Trinajstić information content (AvgIpc) is 1.76. The van der Waals surface area contributed by atoms with Gasteiger partial charge in [-0.05, 0) is 11.8 Å². The van der Waals surface area contributed by atoms with Crippen molar-refractivity contribution in [1.29, 1.82) is 0 Å². The van der Waals surface area contributed by atoms with Crippen LogP contribution in [-0.2, 0) is 21.4 Å². The van der Waals surface area contributed by atoms with E-state index in [9.17, 15) is 0 Å². The molecule has 0 aliphatic heterocycles. The highest BCUT2D eigenvalue weighted by molar-refractivity contribution is 8.06. The fraction of sp³-hybridized carbons (Fsp3) is 1.00. The summed E-state index contributed by atoms with van der Waals surface area (Å²) in [7, 11) is 5.95. The zero-order valence-corrected chi connectivity index (χ0v) is 9.14. The lowest BCUT2D eigenvalue weighted by atomic mass is 10.5. The van der Waals surface area contributed by atoms with Crippen molar-refractivity contribution in [1.82, 2.24) is 0 Å². The van der Waals surface area contributed by atoms with Crippen LogP contribution >= 0.6 is 6.72 Å². The van der Waals surface area contributed by atoms with Crippen molar-refractivity contribution in [3.8, 4) is 0 Å². The van der Waals surface area contributed by atoms with Crippen LogP contribution in [0.4, 0.5) is 0 Å². The Morgan fingerprint density at radius 1 is 1.33 bits per heavy atom. The van der Waals surface area contributed by atoms with Gasteiger partial charge in [0.2, 0.25) is 0 Å². The molecule has 0 unspecified atom stereocenters. The predicted octanol–water partition coefficient (Wildman–Crippen LogP) is -0.150. The molecule has 7 heteroatoms. The molecule has 0 aromatic heterocycles. The fourth-order valence-corrected chi connectivity index (χ4v) is 0.758. The maximum Gasteiger partial charge on any atom is 0.350 e. The van der Waals surface area contributed by atoms with Gasteiger partial charge in [-0.2, -0.15) is 0 Å². The van der Waals surface area contributed by atoms with Gasteiger partial charge < -0.3 is 14.3 Å². The Morgan fingerprint density at radius 2 is 1.83 bits per heavy atom. The van der Waals surface area contributed by atoms with Crippen LogP contribution in [0.2, 0.25) is 0 Å². The minimum atomic E-state index is -3.64. The molecular formula is C5H15NO4PS+. The zero-order chi connectivity index (χ0) is 9.83. The number of nitrogens with zero attached hydrogens (tertiary/aromatic N) is 1. The summed E-state index contributed by atoms with van der Waals surface area (Å²) in [5, 5.41) is 0. The highest BCUT2D eigenvalue weighted by Gasteiger charge is 2.11. The van der Waals surface area contributed by atoms with Crippen molar-refractivity contribution in [3.63, 3.8) is 0 Å². The van der Waals surface area contributed by atoms with Crippen molar-refractivity contribution in [2.24, 2.45) is 0 Å². The van der Waals surface area contributed by atoms with Gasteiger partial charge in [-0.3, -0.25) is 0 Å². The second-order valence-corrected chi connectivity index (χ2v) is 5.96. The normalized spacial score (nSPS) is 13.4. The molecule has 74 valence electrons. The van der Waals surface area contributed by atoms with Crippen molar-refractivity contribution in [3.05, 3.63) is 0 Å². The molecule has 0 heterocycles. The molecule has 0 fully saturated rings. The van der Waals surface area contributed by atoms with E-state index in [0.717, 1.165) is 0 Å². The van der Waals surface area contributed by atoms with Crippen LogP contribution in [0.25, 0.3) is 0 Å². The first-order chi connectivity index (χ1) is 5.21. The third-order valence-electron chi connectivity index (χ3n) is 0.995. The molecule has 0 spiro atoms.